The van der Waals surface area contributed by atoms with E-state index in [0.29, 0.717) is 63.3 Å². The van der Waals surface area contributed by atoms with Crippen molar-refractivity contribution >= 4 is 72.5 Å². The van der Waals surface area contributed by atoms with Crippen LogP contribution >= 0.6 is 11.8 Å². The fourth-order valence-electron chi connectivity index (χ4n) is 12.1. The van der Waals surface area contributed by atoms with Gasteiger partial charge in [-0.2, -0.15) is 5.26 Å². The number of carboxylic acids is 2. The molecule has 5 aromatic rings. The molecule has 6 rings (SSSR count). The van der Waals surface area contributed by atoms with E-state index in [-0.39, 0.29) is 115 Å². The number of nitrogens with one attached hydrogen (secondary N) is 1. The summed E-state index contributed by atoms with van der Waals surface area (Å²) in [5, 5.41) is 29.9. The van der Waals surface area contributed by atoms with E-state index >= 15 is 0 Å². The Labute approximate surface area is 615 Å². The summed E-state index contributed by atoms with van der Waals surface area (Å²) in [5.41, 5.74) is 22.4. The molecule has 0 radical (unpaired) electrons. The van der Waals surface area contributed by atoms with Crippen LogP contribution in [0.5, 0.6) is 11.5 Å². The van der Waals surface area contributed by atoms with Gasteiger partial charge >= 0.3 is 11.9 Å². The van der Waals surface area contributed by atoms with Crippen molar-refractivity contribution in [3.8, 4) is 28.7 Å². The minimum absolute atomic E-state index is 0.0102. The quantitative estimate of drug-likeness (QED) is 0.0121. The van der Waals surface area contributed by atoms with Crippen LogP contribution in [0.2, 0.25) is 0 Å². The molecular formula is C79H110N6O15S3. The van der Waals surface area contributed by atoms with Crippen LogP contribution in [0.4, 0.5) is 0 Å². The molecule has 21 nitrogen and oxygen atoms in total. The van der Waals surface area contributed by atoms with E-state index in [1.54, 1.807) is 63.2 Å². The van der Waals surface area contributed by atoms with Crippen molar-refractivity contribution in [1.82, 2.24) is 10.2 Å². The lowest BCUT2D eigenvalue weighted by Gasteiger charge is -2.32. The summed E-state index contributed by atoms with van der Waals surface area (Å²) in [5.74, 6) is -4.02. The zero-order chi connectivity index (χ0) is 76.2. The number of carbonyl (C=O) groups excluding carboxylic acids is 5. The van der Waals surface area contributed by atoms with Crippen LogP contribution < -0.4 is 32.0 Å². The number of unbranched alkanes of at least 4 members (excludes halogenated alkanes) is 12. The Morgan fingerprint density at radius 2 is 1.13 bits per heavy atom. The highest BCUT2D eigenvalue weighted by Gasteiger charge is 2.37. The summed E-state index contributed by atoms with van der Waals surface area (Å²) in [6.45, 7) is 13.9. The predicted octanol–water partition coefficient (Wildman–Crippen LogP) is 13.5. The highest BCUT2D eigenvalue weighted by Crippen LogP contribution is 2.41. The van der Waals surface area contributed by atoms with Crippen LogP contribution in [0.15, 0.2) is 106 Å². The molecule has 5 aromatic carbocycles. The van der Waals surface area contributed by atoms with Crippen molar-refractivity contribution in [3.05, 3.63) is 136 Å². The van der Waals surface area contributed by atoms with Gasteiger partial charge in [0.1, 0.15) is 30.8 Å². The maximum atomic E-state index is 14.7. The zero-order valence-electron chi connectivity index (χ0n) is 61.5. The Bertz CT molecular complexity index is 3910. The second-order valence-electron chi connectivity index (χ2n) is 26.3. The van der Waals surface area contributed by atoms with E-state index in [4.69, 9.17) is 36.9 Å². The van der Waals surface area contributed by atoms with Gasteiger partial charge < -0.3 is 47.1 Å². The average molecular weight is 1480 g/mol. The number of ketones is 3. The molecule has 0 saturated carbocycles. The Balaban J connectivity index is 0.000000475. The van der Waals surface area contributed by atoms with E-state index in [1.807, 2.05) is 36.9 Å². The number of amides is 2. The van der Waals surface area contributed by atoms with Crippen molar-refractivity contribution in [2.45, 2.75) is 210 Å². The number of benzene rings is 5. The van der Waals surface area contributed by atoms with Crippen LogP contribution in [0.25, 0.3) is 11.1 Å². The number of likely N-dealkylation sites (N-methyl/N-ethyl adjacent to an activating group) is 1. The van der Waals surface area contributed by atoms with E-state index < -0.39 is 73.1 Å². The van der Waals surface area contributed by atoms with Crippen LogP contribution in [-0.2, 0) is 45.3 Å². The summed E-state index contributed by atoms with van der Waals surface area (Å²) in [4.78, 5) is 95.2. The van der Waals surface area contributed by atoms with E-state index in [1.165, 1.54) is 85.3 Å². The number of nitrogens with zero attached hydrogens (tertiary/aromatic N) is 2. The van der Waals surface area contributed by atoms with E-state index in [2.05, 4.69) is 26.1 Å². The van der Waals surface area contributed by atoms with Crippen molar-refractivity contribution in [2.24, 2.45) is 29.0 Å². The summed E-state index contributed by atoms with van der Waals surface area (Å²) in [7, 11) is -5.40. The molecule has 24 heteroatoms. The Morgan fingerprint density at radius 1 is 0.631 bits per heavy atom. The number of aromatic carboxylic acids is 2. The first-order valence-electron chi connectivity index (χ1n) is 36.2. The van der Waals surface area contributed by atoms with Gasteiger partial charge in [0.2, 0.25) is 11.8 Å². The molecule has 564 valence electrons. The molecule has 0 spiro atoms. The molecule has 0 aliphatic carbocycles. The van der Waals surface area contributed by atoms with Crippen LogP contribution in [0.1, 0.15) is 221 Å². The monoisotopic (exact) mass is 1480 g/mol. The molecule has 1 aliphatic heterocycles. The third-order valence-corrected chi connectivity index (χ3v) is 22.6. The minimum atomic E-state index is -3.57. The largest absolute Gasteiger partial charge is 0.492 e. The van der Waals surface area contributed by atoms with Crippen molar-refractivity contribution in [2.75, 3.05) is 57.2 Å². The number of nitrogens with two attached hydrogens (primary N) is 3. The second-order valence-corrected chi connectivity index (χ2v) is 31.7. The van der Waals surface area contributed by atoms with Gasteiger partial charge in [-0.1, -0.05) is 117 Å². The molecule has 0 unspecified atom stereocenters. The lowest BCUT2D eigenvalue weighted by molar-refractivity contribution is -0.142. The van der Waals surface area contributed by atoms with E-state index in [0.717, 1.165) is 62.7 Å². The minimum Gasteiger partial charge on any atom is -0.492 e. The average Bonchev–Trinajstić information content (AvgIpc) is 0.786. The van der Waals surface area contributed by atoms with Gasteiger partial charge in [-0.15, -0.1) is 11.8 Å². The number of nitriles is 1. The number of sulfone groups is 2. The highest BCUT2D eigenvalue weighted by atomic mass is 32.2. The summed E-state index contributed by atoms with van der Waals surface area (Å²) in [6, 6.07) is 24.3. The maximum Gasteiger partial charge on any atom is 0.335 e. The third-order valence-electron chi connectivity index (χ3n) is 17.9. The van der Waals surface area contributed by atoms with Gasteiger partial charge in [0.25, 0.3) is 0 Å². The van der Waals surface area contributed by atoms with Gasteiger partial charge in [0.05, 0.1) is 44.5 Å². The second kappa shape index (κ2) is 45.4. The smallest absolute Gasteiger partial charge is 0.335 e. The van der Waals surface area contributed by atoms with Crippen molar-refractivity contribution in [3.63, 3.8) is 0 Å². The standard InChI is InChI=1S/C49H66N6O9S.C15H22O4S.C15H22O2S/c1-5-6-7-8-9-25-65(61,62)37-14-15-38(32(2)26-37)43(57)31-36(18-20-51)49(60)55(4)47-35-13-17-46(64-24-22-53)40(30-35)39-28-34(12-16-45(39)63-23-21-52)29-41(42(56)11-10-19-50)54-48(59)33(3)27-44(47)58;1-3-4-5-6-7-10-20(18,19)13-8-9-14(15(16)17)12(2)11-13;1-3-4-5-6-7-10-18-13-8-9-14(15(16)17)12(2)11-13/h12-17,26,28,30,33,36,41,47H,5-11,18,20-25,27,29,31,51-53H2,1-4H3,(H,54,59);8-9,11H,3-7,10H2,1-2H3,(H,16,17);8-9,11H,3-7,10H2,1-2H3,(H,16,17)/t33-,36-,41+,47+;;/m1../s1. The number of thioether (sulfide) groups is 1. The van der Waals surface area contributed by atoms with Gasteiger partial charge in [-0.25, -0.2) is 26.4 Å². The summed E-state index contributed by atoms with van der Waals surface area (Å²) in [6.07, 6.45) is 15.3. The molecule has 2 amide bonds. The fourth-order valence-corrected chi connectivity index (χ4v) is 16.0. The SMILES string of the molecule is CCCCCCCS(=O)(=O)c1ccc(C(=O)C[C@@H](CCN)C(=O)N(C)[C@@H]2C(=O)C[C@@H](C)C(=O)N[C@H](C(=O)CCC#N)Cc3ccc(OCCN)c(c3)-c3cc2ccc3OCCN)c(C)c1.CCCCCCCS(=O)(=O)c1ccc(C(=O)O)c(C)c1.CCCCCCCSc1ccc(C(=O)O)c(C)c1. The zero-order valence-corrected chi connectivity index (χ0v) is 64.0. The Kier molecular flexibility index (Phi) is 38.7. The molecule has 4 atom stereocenters. The highest BCUT2D eigenvalue weighted by molar-refractivity contribution is 7.99. The number of hydrogen-bond acceptors (Lipinski definition) is 18. The lowest BCUT2D eigenvalue weighted by Crippen LogP contribution is -2.46. The molecule has 0 fully saturated rings. The Morgan fingerprint density at radius 3 is 1.62 bits per heavy atom. The number of fused-ring (bicyclic) bond motifs is 5. The lowest BCUT2D eigenvalue weighted by atomic mass is 9.88. The van der Waals surface area contributed by atoms with Crippen LogP contribution in [0, 0.1) is 43.9 Å². The van der Waals surface area contributed by atoms with Crippen LogP contribution in [0.3, 0.4) is 0 Å². The molecule has 4 bridgehead atoms. The molecule has 1 aliphatic rings. The number of Topliss-reactive ketones (excluding diaryl/α,β-unsaturated/α-hetero) is 3. The normalized spacial score (nSPS) is 14.8. The molecule has 9 N–H and O–H groups in total. The van der Waals surface area contributed by atoms with Gasteiger partial charge in [0, 0.05) is 79.2 Å². The molecule has 0 saturated heterocycles. The summed E-state index contributed by atoms with van der Waals surface area (Å²) >= 11 is 1.82. The number of aryl methyl sites for hydroxylation is 3. The topological polar surface area (TPSA) is 364 Å². The number of carbonyl (C=O) groups is 7. The molecule has 103 heavy (non-hydrogen) atoms. The summed E-state index contributed by atoms with van der Waals surface area (Å²) < 4.78 is 62.8. The number of rotatable bonds is 39. The first-order chi connectivity index (χ1) is 49.1. The molecule has 1 heterocycles. The maximum absolute atomic E-state index is 14.7. The van der Waals surface area contributed by atoms with Gasteiger partial charge in [-0.3, -0.25) is 24.0 Å². The third kappa shape index (κ3) is 28.3. The Hall–Kier alpha value is -7.79. The fraction of sp³-hybridized carbons (Fsp3) is 0.519. The predicted molar refractivity (Wildman–Crippen MR) is 405 cm³/mol. The van der Waals surface area contributed by atoms with Gasteiger partial charge in [0.15, 0.2) is 37.0 Å². The number of hydrogen-bond donors (Lipinski definition) is 6. The first kappa shape index (κ1) is 87.6. The molecular weight excluding hydrogens is 1370 g/mol. The van der Waals surface area contributed by atoms with E-state index in [9.17, 15) is 55.7 Å². The first-order valence-corrected chi connectivity index (χ1v) is 40.4. The van der Waals surface area contributed by atoms with Crippen molar-refractivity contribution in [1.29, 1.82) is 5.26 Å². The number of ether oxygens (including phenoxy) is 2. The van der Waals surface area contributed by atoms with Gasteiger partial charge in [-0.05, 0) is 172 Å². The number of carboxylic acid groups (broad SMARTS) is 2. The van der Waals surface area contributed by atoms with Crippen LogP contribution in [-0.4, -0.2) is 136 Å². The molecule has 0 aromatic heterocycles. The van der Waals surface area contributed by atoms with Crippen molar-refractivity contribution < 1.29 is 70.1 Å².